The molecule has 0 saturated carbocycles. The Balaban J connectivity index is 1.34. The topological polar surface area (TPSA) is 92.3 Å². The quantitative estimate of drug-likeness (QED) is 0.297. The molecule has 3 aromatic rings. The molecule has 0 radical (unpaired) electrons. The smallest absolute Gasteiger partial charge is 0.243 e. The Kier molecular flexibility index (Phi) is 8.26. The lowest BCUT2D eigenvalue weighted by atomic mass is 10.0. The van der Waals surface area contributed by atoms with Crippen LogP contribution in [0.4, 0.5) is 5.13 Å². The van der Waals surface area contributed by atoms with Crippen molar-refractivity contribution < 1.29 is 13.2 Å². The standard InChI is InChI=1S/C23H25ClN4O3S3/c1-16-4-3-11-28(14-16)34(30,31)20-6-2-5-18(12-20)21(29)13-25-22-26-27-23(33-22)32-15-17-7-9-19(24)10-8-17/h2,5-10,12,16H,3-4,11,13-15H2,1H3,(H,25,26). The monoisotopic (exact) mass is 536 g/mol. The summed E-state index contributed by atoms with van der Waals surface area (Å²) in [6.07, 6.45) is 1.88. The molecule has 1 aliphatic rings. The fourth-order valence-corrected chi connectivity index (χ4v) is 7.14. The zero-order chi connectivity index (χ0) is 24.1. The molecule has 0 amide bonds. The number of rotatable bonds is 9. The Morgan fingerprint density at radius 3 is 2.79 bits per heavy atom. The fourth-order valence-electron chi connectivity index (χ4n) is 3.67. The van der Waals surface area contributed by atoms with Crippen molar-refractivity contribution in [1.29, 1.82) is 0 Å². The first-order chi connectivity index (χ1) is 16.3. The number of sulfonamides is 1. The van der Waals surface area contributed by atoms with Gasteiger partial charge in [-0.3, -0.25) is 4.79 Å². The first-order valence-electron chi connectivity index (χ1n) is 10.9. The molecule has 2 heterocycles. The van der Waals surface area contributed by atoms with Crippen LogP contribution in [0.2, 0.25) is 5.02 Å². The van der Waals surface area contributed by atoms with Gasteiger partial charge in [-0.25, -0.2) is 8.42 Å². The van der Waals surface area contributed by atoms with E-state index in [1.807, 2.05) is 24.3 Å². The van der Waals surface area contributed by atoms with Crippen molar-refractivity contribution in [2.24, 2.45) is 5.92 Å². The second-order valence-electron chi connectivity index (χ2n) is 8.20. The molecule has 1 atom stereocenters. The molecule has 1 fully saturated rings. The van der Waals surface area contributed by atoms with Crippen LogP contribution in [-0.4, -0.2) is 48.3 Å². The van der Waals surface area contributed by atoms with Crippen LogP contribution in [0.15, 0.2) is 57.8 Å². The number of benzene rings is 2. The van der Waals surface area contributed by atoms with E-state index in [1.165, 1.54) is 21.7 Å². The van der Waals surface area contributed by atoms with Crippen LogP contribution in [-0.2, 0) is 15.8 Å². The lowest BCUT2D eigenvalue weighted by Gasteiger charge is -2.30. The van der Waals surface area contributed by atoms with Gasteiger partial charge in [-0.15, -0.1) is 10.2 Å². The third-order valence-electron chi connectivity index (χ3n) is 5.50. The highest BCUT2D eigenvalue weighted by Crippen LogP contribution is 2.29. The Labute approximate surface area is 213 Å². The number of hydrogen-bond acceptors (Lipinski definition) is 8. The van der Waals surface area contributed by atoms with Gasteiger partial charge in [0, 0.05) is 29.4 Å². The van der Waals surface area contributed by atoms with Gasteiger partial charge in [0.1, 0.15) is 0 Å². The van der Waals surface area contributed by atoms with Crippen LogP contribution in [0.25, 0.3) is 0 Å². The number of thioether (sulfide) groups is 1. The summed E-state index contributed by atoms with van der Waals surface area (Å²) in [5.41, 5.74) is 1.48. The van der Waals surface area contributed by atoms with Crippen molar-refractivity contribution in [3.8, 4) is 0 Å². The number of carbonyl (C=O) groups is 1. The van der Waals surface area contributed by atoms with E-state index in [0.29, 0.717) is 34.7 Å². The van der Waals surface area contributed by atoms with E-state index >= 15 is 0 Å². The molecule has 34 heavy (non-hydrogen) atoms. The molecule has 1 aliphatic heterocycles. The van der Waals surface area contributed by atoms with Crippen LogP contribution in [0, 0.1) is 5.92 Å². The molecule has 1 aromatic heterocycles. The second-order valence-corrected chi connectivity index (χ2v) is 12.8. The fraction of sp³-hybridized carbons (Fsp3) is 0.348. The average Bonchev–Trinajstić information content (AvgIpc) is 3.30. The summed E-state index contributed by atoms with van der Waals surface area (Å²) in [5, 5.41) is 12.5. The van der Waals surface area contributed by atoms with E-state index in [-0.39, 0.29) is 17.2 Å². The molecule has 1 N–H and O–H groups in total. The number of ketones is 1. The molecule has 180 valence electrons. The minimum atomic E-state index is -3.62. The summed E-state index contributed by atoms with van der Waals surface area (Å²) >= 11 is 8.84. The van der Waals surface area contributed by atoms with Crippen molar-refractivity contribution in [2.45, 2.75) is 34.8 Å². The van der Waals surface area contributed by atoms with Gasteiger partial charge >= 0.3 is 0 Å². The predicted octanol–water partition coefficient (Wildman–Crippen LogP) is 5.20. The summed E-state index contributed by atoms with van der Waals surface area (Å²) < 4.78 is 28.4. The second kappa shape index (κ2) is 11.2. The molecular formula is C23H25ClN4O3S3. The number of nitrogens with one attached hydrogen (secondary N) is 1. The zero-order valence-corrected chi connectivity index (χ0v) is 21.8. The molecule has 2 aromatic carbocycles. The van der Waals surface area contributed by atoms with Gasteiger partial charge in [0.15, 0.2) is 10.1 Å². The lowest BCUT2D eigenvalue weighted by molar-refractivity contribution is 0.101. The van der Waals surface area contributed by atoms with Crippen LogP contribution in [0.3, 0.4) is 0 Å². The third kappa shape index (κ3) is 6.37. The van der Waals surface area contributed by atoms with E-state index in [2.05, 4.69) is 22.4 Å². The molecule has 7 nitrogen and oxygen atoms in total. The lowest BCUT2D eigenvalue weighted by Crippen LogP contribution is -2.39. The highest BCUT2D eigenvalue weighted by molar-refractivity contribution is 8.00. The van der Waals surface area contributed by atoms with Gasteiger partial charge in [-0.1, -0.05) is 65.9 Å². The summed E-state index contributed by atoms with van der Waals surface area (Å²) in [7, 11) is -3.62. The molecule has 0 bridgehead atoms. The van der Waals surface area contributed by atoms with E-state index in [9.17, 15) is 13.2 Å². The van der Waals surface area contributed by atoms with E-state index in [0.717, 1.165) is 28.5 Å². The maximum Gasteiger partial charge on any atom is 0.243 e. The van der Waals surface area contributed by atoms with Gasteiger partial charge in [0.25, 0.3) is 0 Å². The van der Waals surface area contributed by atoms with Crippen LogP contribution in [0.1, 0.15) is 35.7 Å². The van der Waals surface area contributed by atoms with Crippen molar-refractivity contribution in [3.63, 3.8) is 0 Å². The number of halogens is 1. The summed E-state index contributed by atoms with van der Waals surface area (Å²) in [6.45, 7) is 3.09. The summed E-state index contributed by atoms with van der Waals surface area (Å²) in [5.74, 6) is 0.857. The molecule has 0 aliphatic carbocycles. The Morgan fingerprint density at radius 1 is 1.24 bits per heavy atom. The normalized spacial score (nSPS) is 16.9. The number of nitrogens with zero attached hydrogens (tertiary/aromatic N) is 3. The first kappa shape index (κ1) is 25.1. The summed E-state index contributed by atoms with van der Waals surface area (Å²) in [6, 6.07) is 13.9. The van der Waals surface area contributed by atoms with Crippen LogP contribution >= 0.6 is 34.7 Å². The van der Waals surface area contributed by atoms with Crippen molar-refractivity contribution in [3.05, 3.63) is 64.7 Å². The molecule has 4 rings (SSSR count). The van der Waals surface area contributed by atoms with Gasteiger partial charge in [-0.2, -0.15) is 4.31 Å². The molecule has 0 spiro atoms. The van der Waals surface area contributed by atoms with E-state index < -0.39 is 10.0 Å². The Bertz CT molecular complexity index is 1250. The van der Waals surface area contributed by atoms with E-state index in [4.69, 9.17) is 11.6 Å². The SMILES string of the molecule is CC1CCCN(S(=O)(=O)c2cccc(C(=O)CNc3nnc(SCc4ccc(Cl)cc4)s3)c2)C1. The minimum Gasteiger partial charge on any atom is -0.353 e. The maximum absolute atomic E-state index is 13.0. The average molecular weight is 537 g/mol. The number of carbonyl (C=O) groups excluding carboxylic acids is 1. The van der Waals surface area contributed by atoms with Crippen molar-refractivity contribution in [2.75, 3.05) is 25.0 Å². The number of hydrogen-bond donors (Lipinski definition) is 1. The maximum atomic E-state index is 13.0. The number of aromatic nitrogens is 2. The number of piperidine rings is 1. The Morgan fingerprint density at radius 2 is 2.03 bits per heavy atom. The predicted molar refractivity (Wildman–Crippen MR) is 137 cm³/mol. The van der Waals surface area contributed by atoms with Crippen LogP contribution in [0.5, 0.6) is 0 Å². The number of anilines is 1. The van der Waals surface area contributed by atoms with Crippen LogP contribution < -0.4 is 5.32 Å². The highest BCUT2D eigenvalue weighted by atomic mass is 35.5. The number of Topliss-reactive ketones (excluding diaryl/α,β-unsaturated/α-hetero) is 1. The largest absolute Gasteiger partial charge is 0.353 e. The van der Waals surface area contributed by atoms with Gasteiger partial charge < -0.3 is 5.32 Å². The molecular weight excluding hydrogens is 512 g/mol. The van der Waals surface area contributed by atoms with Gasteiger partial charge in [0.05, 0.1) is 11.4 Å². The van der Waals surface area contributed by atoms with Gasteiger partial charge in [0.2, 0.25) is 15.2 Å². The van der Waals surface area contributed by atoms with Crippen molar-refractivity contribution in [1.82, 2.24) is 14.5 Å². The summed E-state index contributed by atoms with van der Waals surface area (Å²) in [4.78, 5) is 12.9. The van der Waals surface area contributed by atoms with E-state index in [1.54, 1.807) is 30.0 Å². The highest BCUT2D eigenvalue weighted by Gasteiger charge is 2.29. The molecule has 1 saturated heterocycles. The minimum absolute atomic E-state index is 0.000728. The van der Waals surface area contributed by atoms with Gasteiger partial charge in [-0.05, 0) is 48.6 Å². The Hall–Kier alpha value is -1.98. The molecule has 1 unspecified atom stereocenters. The molecule has 11 heteroatoms. The van der Waals surface area contributed by atoms with Crippen molar-refractivity contribution >= 4 is 55.6 Å². The zero-order valence-electron chi connectivity index (χ0n) is 18.6. The first-order valence-corrected chi connectivity index (χ1v) is 14.5. The third-order valence-corrected chi connectivity index (χ3v) is 9.69.